The van der Waals surface area contributed by atoms with Gasteiger partial charge in [0.15, 0.2) is 0 Å². The van der Waals surface area contributed by atoms with Crippen LogP contribution in [0.25, 0.3) is 6.08 Å². The topological polar surface area (TPSA) is 88.1 Å². The largest absolute Gasteiger partial charge is 0.494 e. The SMILES string of the molecule is C=C(C)C(=O)OCCCCCCOc1ccc(C(=O)Oc2ccc(/C=C/C(=O)OCC3CC3)cc2C)cc1. The fourth-order valence-electron chi connectivity index (χ4n) is 3.47. The minimum Gasteiger partial charge on any atom is -0.494 e. The Hall–Kier alpha value is -3.87. The monoisotopic (exact) mass is 520 g/mol. The van der Waals surface area contributed by atoms with Crippen molar-refractivity contribution in [3.05, 3.63) is 77.4 Å². The van der Waals surface area contributed by atoms with Crippen LogP contribution in [0.2, 0.25) is 0 Å². The summed E-state index contributed by atoms with van der Waals surface area (Å²) in [4.78, 5) is 35.7. The van der Waals surface area contributed by atoms with Gasteiger partial charge in [-0.05, 0) is 112 Å². The van der Waals surface area contributed by atoms with Crippen LogP contribution >= 0.6 is 0 Å². The van der Waals surface area contributed by atoms with Crippen molar-refractivity contribution in [1.82, 2.24) is 0 Å². The molecule has 202 valence electrons. The van der Waals surface area contributed by atoms with Crippen molar-refractivity contribution in [3.8, 4) is 11.5 Å². The number of rotatable bonds is 15. The number of hydrogen-bond acceptors (Lipinski definition) is 7. The number of benzene rings is 2. The van der Waals surface area contributed by atoms with Crippen molar-refractivity contribution in [3.63, 3.8) is 0 Å². The molecular formula is C31H36O7. The molecule has 38 heavy (non-hydrogen) atoms. The van der Waals surface area contributed by atoms with E-state index in [0.29, 0.717) is 48.4 Å². The van der Waals surface area contributed by atoms with Crippen molar-refractivity contribution >= 4 is 24.0 Å². The first kappa shape index (κ1) is 28.7. The molecule has 0 unspecified atom stereocenters. The molecule has 0 N–H and O–H groups in total. The van der Waals surface area contributed by atoms with Crippen LogP contribution in [0.5, 0.6) is 11.5 Å². The highest BCUT2D eigenvalue weighted by atomic mass is 16.5. The summed E-state index contributed by atoms with van der Waals surface area (Å²) in [6.45, 7) is 8.48. The van der Waals surface area contributed by atoms with E-state index in [1.54, 1.807) is 49.4 Å². The molecule has 7 heteroatoms. The second kappa shape index (κ2) is 14.8. The quantitative estimate of drug-likeness (QED) is 0.119. The summed E-state index contributed by atoms with van der Waals surface area (Å²) in [5, 5.41) is 0. The van der Waals surface area contributed by atoms with Gasteiger partial charge in [-0.15, -0.1) is 0 Å². The lowest BCUT2D eigenvalue weighted by Crippen LogP contribution is -2.09. The molecule has 0 aromatic heterocycles. The van der Waals surface area contributed by atoms with Gasteiger partial charge in [0, 0.05) is 11.6 Å². The Labute approximate surface area is 224 Å². The van der Waals surface area contributed by atoms with E-state index in [4.69, 9.17) is 18.9 Å². The van der Waals surface area contributed by atoms with Crippen molar-refractivity contribution in [1.29, 1.82) is 0 Å². The molecule has 1 aliphatic rings. The normalized spacial score (nSPS) is 12.7. The van der Waals surface area contributed by atoms with Crippen molar-refractivity contribution in [2.24, 2.45) is 5.92 Å². The van der Waals surface area contributed by atoms with Gasteiger partial charge in [0.2, 0.25) is 0 Å². The summed E-state index contributed by atoms with van der Waals surface area (Å²) < 4.78 is 21.6. The molecule has 3 rings (SSSR count). The number of hydrogen-bond donors (Lipinski definition) is 0. The molecule has 0 aliphatic heterocycles. The summed E-state index contributed by atoms with van der Waals surface area (Å²) >= 11 is 0. The average Bonchev–Trinajstić information content (AvgIpc) is 3.74. The summed E-state index contributed by atoms with van der Waals surface area (Å²) in [5.74, 6) is 0.509. The smallest absolute Gasteiger partial charge is 0.343 e. The molecule has 2 aromatic carbocycles. The van der Waals surface area contributed by atoms with Gasteiger partial charge in [0.25, 0.3) is 0 Å². The van der Waals surface area contributed by atoms with Gasteiger partial charge < -0.3 is 18.9 Å². The Kier molecular flexibility index (Phi) is 11.1. The summed E-state index contributed by atoms with van der Waals surface area (Å²) in [6.07, 6.45) is 8.97. The van der Waals surface area contributed by atoms with Gasteiger partial charge in [-0.2, -0.15) is 0 Å². The molecule has 0 saturated heterocycles. The second-order valence-corrected chi connectivity index (χ2v) is 9.52. The van der Waals surface area contributed by atoms with Crippen LogP contribution in [0.3, 0.4) is 0 Å². The highest BCUT2D eigenvalue weighted by Crippen LogP contribution is 2.29. The van der Waals surface area contributed by atoms with Crippen molar-refractivity contribution < 1.29 is 33.3 Å². The fourth-order valence-corrected chi connectivity index (χ4v) is 3.47. The molecule has 0 bridgehead atoms. The zero-order chi connectivity index (χ0) is 27.3. The van der Waals surface area contributed by atoms with Crippen LogP contribution in [0, 0.1) is 12.8 Å². The first-order valence-electron chi connectivity index (χ1n) is 13.0. The predicted octanol–water partition coefficient (Wildman–Crippen LogP) is 6.24. The Morgan fingerprint density at radius 3 is 2.32 bits per heavy atom. The lowest BCUT2D eigenvalue weighted by Gasteiger charge is -2.10. The number of ether oxygens (including phenoxy) is 4. The van der Waals surface area contributed by atoms with E-state index in [9.17, 15) is 14.4 Å². The van der Waals surface area contributed by atoms with E-state index in [1.807, 2.05) is 13.0 Å². The number of aryl methyl sites for hydroxylation is 1. The van der Waals surface area contributed by atoms with Crippen LogP contribution in [0.4, 0.5) is 0 Å². The van der Waals surface area contributed by atoms with E-state index in [1.165, 1.54) is 6.08 Å². The maximum Gasteiger partial charge on any atom is 0.343 e. The Morgan fingerprint density at radius 1 is 0.947 bits per heavy atom. The number of unbranched alkanes of at least 4 members (excludes halogenated alkanes) is 3. The standard InChI is InChI=1S/C31H36O7/c1-22(2)30(33)36-19-7-5-4-6-18-35-27-14-12-26(13-15-27)31(34)38-28-16-10-24(20-23(28)3)11-17-29(32)37-21-25-8-9-25/h10-17,20,25H,1,4-9,18-19,21H2,2-3H3/b17-11+. The summed E-state index contributed by atoms with van der Waals surface area (Å²) in [5.41, 5.74) is 2.43. The molecule has 0 atom stereocenters. The highest BCUT2D eigenvalue weighted by molar-refractivity contribution is 5.91. The van der Waals surface area contributed by atoms with Gasteiger partial charge in [-0.3, -0.25) is 0 Å². The van der Waals surface area contributed by atoms with E-state index in [0.717, 1.165) is 49.7 Å². The maximum atomic E-state index is 12.6. The van der Waals surface area contributed by atoms with Gasteiger partial charge in [-0.25, -0.2) is 14.4 Å². The van der Waals surface area contributed by atoms with Crippen LogP contribution < -0.4 is 9.47 Å². The van der Waals surface area contributed by atoms with E-state index in [-0.39, 0.29) is 11.9 Å². The molecule has 0 amide bonds. The molecule has 1 aliphatic carbocycles. The zero-order valence-electron chi connectivity index (χ0n) is 22.2. The van der Waals surface area contributed by atoms with Crippen molar-refractivity contribution in [2.75, 3.05) is 19.8 Å². The van der Waals surface area contributed by atoms with Gasteiger partial charge >= 0.3 is 17.9 Å². The van der Waals surface area contributed by atoms with Crippen LogP contribution in [-0.2, 0) is 19.1 Å². The lowest BCUT2D eigenvalue weighted by molar-refractivity contribution is -0.139. The summed E-state index contributed by atoms with van der Waals surface area (Å²) in [6, 6.07) is 12.2. The third-order valence-corrected chi connectivity index (χ3v) is 5.95. The van der Waals surface area contributed by atoms with Crippen LogP contribution in [0.15, 0.2) is 60.7 Å². The van der Waals surface area contributed by atoms with Crippen molar-refractivity contribution in [2.45, 2.75) is 52.4 Å². The fraction of sp³-hybridized carbons (Fsp3) is 0.387. The van der Waals surface area contributed by atoms with Gasteiger partial charge in [0.1, 0.15) is 11.5 Å². The molecule has 0 heterocycles. The Balaban J connectivity index is 1.36. The summed E-state index contributed by atoms with van der Waals surface area (Å²) in [7, 11) is 0. The Morgan fingerprint density at radius 2 is 1.66 bits per heavy atom. The Bertz CT molecular complexity index is 1140. The molecular weight excluding hydrogens is 484 g/mol. The molecule has 2 aromatic rings. The lowest BCUT2D eigenvalue weighted by atomic mass is 10.1. The third-order valence-electron chi connectivity index (χ3n) is 5.95. The zero-order valence-corrected chi connectivity index (χ0v) is 22.2. The van der Waals surface area contributed by atoms with Gasteiger partial charge in [-0.1, -0.05) is 12.6 Å². The van der Waals surface area contributed by atoms with Gasteiger partial charge in [0.05, 0.1) is 25.4 Å². The predicted molar refractivity (Wildman–Crippen MR) is 145 cm³/mol. The minimum atomic E-state index is -0.459. The highest BCUT2D eigenvalue weighted by Gasteiger charge is 2.22. The van der Waals surface area contributed by atoms with E-state index >= 15 is 0 Å². The molecule has 1 saturated carbocycles. The number of carbonyl (C=O) groups is 3. The molecule has 1 fully saturated rings. The molecule has 7 nitrogen and oxygen atoms in total. The first-order chi connectivity index (χ1) is 18.3. The number of carbonyl (C=O) groups excluding carboxylic acids is 3. The first-order valence-corrected chi connectivity index (χ1v) is 13.0. The van der Waals surface area contributed by atoms with Crippen LogP contribution in [0.1, 0.15) is 66.9 Å². The maximum absolute atomic E-state index is 12.6. The van der Waals surface area contributed by atoms with E-state index in [2.05, 4.69) is 6.58 Å². The minimum absolute atomic E-state index is 0.347. The third kappa shape index (κ3) is 10.2. The number of esters is 3. The van der Waals surface area contributed by atoms with Crippen LogP contribution in [-0.4, -0.2) is 37.7 Å². The molecule has 0 spiro atoms. The van der Waals surface area contributed by atoms with E-state index < -0.39 is 5.97 Å². The molecule has 0 radical (unpaired) electrons. The average molecular weight is 521 g/mol. The second-order valence-electron chi connectivity index (χ2n) is 9.52.